The minimum Gasteiger partial charge on any atom is -0.394 e. The number of nitrogens with zero attached hydrogens (tertiary/aromatic N) is 2. The van der Waals surface area contributed by atoms with Gasteiger partial charge in [0.05, 0.1) is 30.7 Å². The Morgan fingerprint density at radius 3 is 2.94 bits per heavy atom. The SMILES string of the molecule is COCCNc1cnc(-c2cc(C#C[C@@]3(CO)CCNC3=O)ccc2F)nc1C(N)=O. The Hall–Kier alpha value is -3.55. The monoisotopic (exact) mass is 427 g/mol. The number of amides is 2. The maximum Gasteiger partial charge on any atom is 0.269 e. The lowest BCUT2D eigenvalue weighted by atomic mass is 9.88. The molecule has 31 heavy (non-hydrogen) atoms. The molecular formula is C21H22FN5O4. The highest BCUT2D eigenvalue weighted by atomic mass is 19.1. The third kappa shape index (κ3) is 4.79. The van der Waals surface area contributed by atoms with Gasteiger partial charge in [-0.1, -0.05) is 11.8 Å². The first kappa shape index (κ1) is 22.1. The fourth-order valence-electron chi connectivity index (χ4n) is 3.06. The summed E-state index contributed by atoms with van der Waals surface area (Å²) >= 11 is 0. The van der Waals surface area contributed by atoms with E-state index in [4.69, 9.17) is 10.5 Å². The molecule has 1 atom stereocenters. The molecule has 1 aromatic carbocycles. The number of methoxy groups -OCH3 is 1. The number of aliphatic hydroxyl groups excluding tert-OH is 1. The van der Waals surface area contributed by atoms with E-state index in [0.29, 0.717) is 37.4 Å². The summed E-state index contributed by atoms with van der Waals surface area (Å²) in [5, 5.41) is 15.2. The van der Waals surface area contributed by atoms with Crippen LogP contribution in [0.25, 0.3) is 11.4 Å². The number of halogens is 1. The summed E-state index contributed by atoms with van der Waals surface area (Å²) in [6.07, 6.45) is 1.73. The zero-order valence-corrected chi connectivity index (χ0v) is 16.9. The summed E-state index contributed by atoms with van der Waals surface area (Å²) in [6.45, 7) is 0.807. The number of anilines is 1. The number of carbonyl (C=O) groups excluding carboxylic acids is 2. The average Bonchev–Trinajstić information content (AvgIpc) is 3.14. The number of aromatic nitrogens is 2. The van der Waals surface area contributed by atoms with Gasteiger partial charge in [0.15, 0.2) is 11.5 Å². The normalized spacial score (nSPS) is 17.6. The largest absolute Gasteiger partial charge is 0.394 e. The molecule has 2 heterocycles. The van der Waals surface area contributed by atoms with Crippen LogP contribution >= 0.6 is 0 Å². The van der Waals surface area contributed by atoms with Gasteiger partial charge in [-0.05, 0) is 24.6 Å². The second-order valence-electron chi connectivity index (χ2n) is 6.93. The van der Waals surface area contributed by atoms with Crippen molar-refractivity contribution >= 4 is 17.5 Å². The molecule has 3 rings (SSSR count). The standard InChI is InChI=1S/C21H22FN5O4/c1-31-9-8-24-16-11-26-19(27-17(16)18(23)29)14-10-13(2-3-15(14)22)4-5-21(12-28)6-7-25-20(21)30/h2-3,10-11,24,28H,6-9,12H2,1H3,(H2,23,29)(H,25,30)/t21-/m0/s1. The van der Waals surface area contributed by atoms with Crippen LogP contribution in [0, 0.1) is 23.1 Å². The molecule has 1 aromatic heterocycles. The Morgan fingerprint density at radius 1 is 1.48 bits per heavy atom. The molecule has 1 aliphatic rings. The lowest BCUT2D eigenvalue weighted by Crippen LogP contribution is -2.33. The van der Waals surface area contributed by atoms with E-state index < -0.39 is 23.7 Å². The zero-order chi connectivity index (χ0) is 22.4. The molecule has 1 saturated heterocycles. The second kappa shape index (κ2) is 9.51. The van der Waals surface area contributed by atoms with E-state index in [2.05, 4.69) is 32.4 Å². The van der Waals surface area contributed by atoms with Crippen molar-refractivity contribution < 1.29 is 23.8 Å². The molecular weight excluding hydrogens is 405 g/mol. The lowest BCUT2D eigenvalue weighted by Gasteiger charge is -2.15. The Balaban J connectivity index is 1.95. The van der Waals surface area contributed by atoms with E-state index >= 15 is 0 Å². The Bertz CT molecular complexity index is 1070. The van der Waals surface area contributed by atoms with Crippen molar-refractivity contribution in [2.24, 2.45) is 11.1 Å². The minimum atomic E-state index is -1.18. The van der Waals surface area contributed by atoms with Crippen LogP contribution in [0.5, 0.6) is 0 Å². The van der Waals surface area contributed by atoms with Crippen LogP contribution < -0.4 is 16.4 Å². The summed E-state index contributed by atoms with van der Waals surface area (Å²) < 4.78 is 19.4. The first-order valence-electron chi connectivity index (χ1n) is 9.52. The van der Waals surface area contributed by atoms with Crippen molar-refractivity contribution in [3.05, 3.63) is 41.5 Å². The molecule has 0 unspecified atom stereocenters. The summed E-state index contributed by atoms with van der Waals surface area (Å²) in [4.78, 5) is 32.1. The van der Waals surface area contributed by atoms with Crippen molar-refractivity contribution in [2.75, 3.05) is 38.7 Å². The van der Waals surface area contributed by atoms with Crippen molar-refractivity contribution in [3.63, 3.8) is 0 Å². The number of hydrogen-bond acceptors (Lipinski definition) is 7. The number of carbonyl (C=O) groups is 2. The van der Waals surface area contributed by atoms with Crippen LogP contribution in [0.4, 0.5) is 10.1 Å². The van der Waals surface area contributed by atoms with Crippen LogP contribution in [0.15, 0.2) is 24.4 Å². The van der Waals surface area contributed by atoms with Gasteiger partial charge in [0.2, 0.25) is 5.91 Å². The Labute approximate surface area is 178 Å². The van der Waals surface area contributed by atoms with Gasteiger partial charge in [-0.15, -0.1) is 0 Å². The van der Waals surface area contributed by atoms with Gasteiger partial charge in [0.25, 0.3) is 5.91 Å². The highest BCUT2D eigenvalue weighted by Crippen LogP contribution is 2.26. The van der Waals surface area contributed by atoms with Crippen molar-refractivity contribution in [1.29, 1.82) is 0 Å². The van der Waals surface area contributed by atoms with Gasteiger partial charge in [-0.2, -0.15) is 0 Å². The Morgan fingerprint density at radius 2 is 2.29 bits per heavy atom. The highest BCUT2D eigenvalue weighted by Gasteiger charge is 2.40. The predicted molar refractivity (Wildman–Crippen MR) is 110 cm³/mol. The number of rotatable bonds is 7. The first-order valence-corrected chi connectivity index (χ1v) is 9.52. The lowest BCUT2D eigenvalue weighted by molar-refractivity contribution is -0.126. The van der Waals surface area contributed by atoms with Gasteiger partial charge >= 0.3 is 0 Å². The van der Waals surface area contributed by atoms with E-state index in [0.717, 1.165) is 0 Å². The topological polar surface area (TPSA) is 139 Å². The summed E-state index contributed by atoms with van der Waals surface area (Å²) in [5.41, 5.74) is 4.88. The number of nitrogens with two attached hydrogens (primary N) is 1. The zero-order valence-electron chi connectivity index (χ0n) is 16.9. The van der Waals surface area contributed by atoms with E-state index in [1.165, 1.54) is 31.5 Å². The van der Waals surface area contributed by atoms with E-state index in [9.17, 15) is 19.1 Å². The molecule has 10 heteroatoms. The molecule has 9 nitrogen and oxygen atoms in total. The van der Waals surface area contributed by atoms with Crippen LogP contribution in [0.3, 0.4) is 0 Å². The number of primary amides is 1. The molecule has 0 aliphatic carbocycles. The molecule has 0 radical (unpaired) electrons. The average molecular weight is 427 g/mol. The quantitative estimate of drug-likeness (QED) is 0.368. The minimum absolute atomic E-state index is 0.0201. The predicted octanol–water partition coefficient (Wildman–Crippen LogP) is 0.290. The molecule has 0 bridgehead atoms. The first-order chi connectivity index (χ1) is 14.9. The van der Waals surface area contributed by atoms with Gasteiger partial charge < -0.3 is 26.2 Å². The molecule has 162 valence electrons. The van der Waals surface area contributed by atoms with Crippen molar-refractivity contribution in [2.45, 2.75) is 6.42 Å². The number of aliphatic hydroxyl groups is 1. The third-order valence-corrected chi connectivity index (χ3v) is 4.84. The van der Waals surface area contributed by atoms with Gasteiger partial charge in [-0.25, -0.2) is 14.4 Å². The molecule has 0 saturated carbocycles. The summed E-state index contributed by atoms with van der Waals surface area (Å²) in [7, 11) is 1.54. The third-order valence-electron chi connectivity index (χ3n) is 4.84. The van der Waals surface area contributed by atoms with E-state index in [1.54, 1.807) is 0 Å². The molecule has 0 spiro atoms. The number of ether oxygens (including phenoxy) is 1. The van der Waals surface area contributed by atoms with Gasteiger partial charge in [-0.3, -0.25) is 9.59 Å². The smallest absolute Gasteiger partial charge is 0.269 e. The summed E-state index contributed by atoms with van der Waals surface area (Å²) in [6, 6.07) is 4.05. The second-order valence-corrected chi connectivity index (χ2v) is 6.93. The number of hydrogen-bond donors (Lipinski definition) is 4. The molecule has 2 aromatic rings. The van der Waals surface area contributed by atoms with E-state index in [-0.39, 0.29) is 23.0 Å². The number of benzene rings is 1. The molecule has 5 N–H and O–H groups in total. The number of nitrogens with one attached hydrogen (secondary N) is 2. The molecule has 1 aliphatic heterocycles. The van der Waals surface area contributed by atoms with Gasteiger partial charge in [0, 0.05) is 25.8 Å². The maximum atomic E-state index is 14.5. The van der Waals surface area contributed by atoms with Crippen LogP contribution in [0.2, 0.25) is 0 Å². The van der Waals surface area contributed by atoms with Crippen molar-refractivity contribution in [1.82, 2.24) is 15.3 Å². The van der Waals surface area contributed by atoms with Crippen LogP contribution in [-0.4, -0.2) is 60.3 Å². The van der Waals surface area contributed by atoms with Crippen LogP contribution in [-0.2, 0) is 9.53 Å². The summed E-state index contributed by atoms with van der Waals surface area (Å²) in [5.74, 6) is 3.84. The molecule has 2 amide bonds. The van der Waals surface area contributed by atoms with Gasteiger partial charge in [0.1, 0.15) is 11.2 Å². The van der Waals surface area contributed by atoms with E-state index in [1.807, 2.05) is 0 Å². The fourth-order valence-corrected chi connectivity index (χ4v) is 3.06. The van der Waals surface area contributed by atoms with Crippen molar-refractivity contribution in [3.8, 4) is 23.2 Å². The Kier molecular flexibility index (Phi) is 6.79. The molecule has 1 fully saturated rings. The van der Waals surface area contributed by atoms with Crippen LogP contribution in [0.1, 0.15) is 22.5 Å². The maximum absolute atomic E-state index is 14.5. The highest BCUT2D eigenvalue weighted by molar-refractivity contribution is 5.96. The fraction of sp³-hybridized carbons (Fsp3) is 0.333.